The normalized spacial score (nSPS) is 10.5. The van der Waals surface area contributed by atoms with Crippen molar-refractivity contribution in [1.82, 2.24) is 4.98 Å². The molecule has 4 nitrogen and oxygen atoms in total. The van der Waals surface area contributed by atoms with E-state index >= 15 is 0 Å². The number of aromatic nitrogens is 1. The fraction of sp³-hybridized carbons (Fsp3) is 0. The minimum absolute atomic E-state index is 0.235. The number of pyridine rings is 1. The number of nitrogen functional groups attached to an aromatic ring is 1. The lowest BCUT2D eigenvalue weighted by molar-refractivity contribution is 0.102. The van der Waals surface area contributed by atoms with Crippen LogP contribution in [0.15, 0.2) is 54.7 Å². The number of nitrogens with zero attached hydrogens (tertiary/aromatic N) is 1. The molecule has 2 aromatic carbocycles. The van der Waals surface area contributed by atoms with Crippen LogP contribution in [-0.2, 0) is 0 Å². The van der Waals surface area contributed by atoms with Gasteiger partial charge in [0.2, 0.25) is 0 Å². The van der Waals surface area contributed by atoms with Gasteiger partial charge in [-0.3, -0.25) is 4.79 Å². The highest BCUT2D eigenvalue weighted by Crippen LogP contribution is 2.23. The molecule has 0 aliphatic rings. The molecule has 0 atom stereocenters. The third-order valence-corrected chi connectivity index (χ3v) is 3.42. The van der Waals surface area contributed by atoms with Gasteiger partial charge in [-0.2, -0.15) is 0 Å². The van der Waals surface area contributed by atoms with E-state index < -0.39 is 0 Å². The summed E-state index contributed by atoms with van der Waals surface area (Å²) < 4.78 is 0. The molecule has 3 aromatic rings. The number of rotatable bonds is 2. The first-order valence-electron chi connectivity index (χ1n) is 6.35. The first-order valence-corrected chi connectivity index (χ1v) is 6.73. The van der Waals surface area contributed by atoms with Gasteiger partial charge in [0.25, 0.3) is 5.91 Å². The van der Waals surface area contributed by atoms with Gasteiger partial charge in [0.05, 0.1) is 5.56 Å². The van der Waals surface area contributed by atoms with Crippen LogP contribution in [0.25, 0.3) is 10.8 Å². The molecule has 0 saturated carbocycles. The summed E-state index contributed by atoms with van der Waals surface area (Å²) in [6, 6.07) is 14.3. The molecule has 0 unspecified atom stereocenters. The lowest BCUT2D eigenvalue weighted by Gasteiger charge is -2.09. The summed E-state index contributed by atoms with van der Waals surface area (Å²) in [5.41, 5.74) is 6.99. The molecule has 1 aromatic heterocycles. The molecule has 1 amide bonds. The fourth-order valence-corrected chi connectivity index (χ4v) is 2.25. The lowest BCUT2D eigenvalue weighted by atomic mass is 10.1. The highest BCUT2D eigenvalue weighted by atomic mass is 35.5. The highest BCUT2D eigenvalue weighted by molar-refractivity contribution is 6.30. The second-order valence-electron chi connectivity index (χ2n) is 4.56. The zero-order valence-electron chi connectivity index (χ0n) is 11.0. The SMILES string of the molecule is Nc1ncc(C(=O)Nc2ccc(Cl)cc2)c2ccccc12. The molecule has 1 heterocycles. The van der Waals surface area contributed by atoms with Gasteiger partial charge in [-0.15, -0.1) is 0 Å². The van der Waals surface area contributed by atoms with Crippen molar-refractivity contribution in [2.45, 2.75) is 0 Å². The van der Waals surface area contributed by atoms with Crippen LogP contribution in [0.3, 0.4) is 0 Å². The smallest absolute Gasteiger partial charge is 0.257 e. The highest BCUT2D eigenvalue weighted by Gasteiger charge is 2.12. The Labute approximate surface area is 126 Å². The van der Waals surface area contributed by atoms with Crippen LogP contribution in [0, 0.1) is 0 Å². The molecule has 0 fully saturated rings. The number of carbonyl (C=O) groups is 1. The van der Waals surface area contributed by atoms with Crippen molar-refractivity contribution in [1.29, 1.82) is 0 Å². The van der Waals surface area contributed by atoms with Gasteiger partial charge in [-0.1, -0.05) is 35.9 Å². The number of carbonyl (C=O) groups excluding carboxylic acids is 1. The molecule has 21 heavy (non-hydrogen) atoms. The Bertz CT molecular complexity index is 815. The average Bonchev–Trinajstić information content (AvgIpc) is 2.50. The van der Waals surface area contributed by atoms with Crippen molar-refractivity contribution >= 4 is 39.8 Å². The molecule has 0 aliphatic heterocycles. The first kappa shape index (κ1) is 13.4. The van der Waals surface area contributed by atoms with Crippen molar-refractivity contribution in [3.8, 4) is 0 Å². The van der Waals surface area contributed by atoms with Crippen LogP contribution < -0.4 is 11.1 Å². The molecule has 0 bridgehead atoms. The van der Waals surface area contributed by atoms with E-state index in [2.05, 4.69) is 10.3 Å². The van der Waals surface area contributed by atoms with Crippen molar-refractivity contribution in [3.05, 3.63) is 65.3 Å². The molecular formula is C16H12ClN3O. The molecule has 3 N–H and O–H groups in total. The van der Waals surface area contributed by atoms with Gasteiger partial charge in [0.1, 0.15) is 5.82 Å². The Morgan fingerprint density at radius 1 is 1.05 bits per heavy atom. The third-order valence-electron chi connectivity index (χ3n) is 3.17. The summed E-state index contributed by atoms with van der Waals surface area (Å²) in [5.74, 6) is 0.176. The monoisotopic (exact) mass is 297 g/mol. The second-order valence-corrected chi connectivity index (χ2v) is 5.00. The number of benzene rings is 2. The minimum Gasteiger partial charge on any atom is -0.383 e. The average molecular weight is 298 g/mol. The van der Waals surface area contributed by atoms with Crippen LogP contribution in [-0.4, -0.2) is 10.9 Å². The topological polar surface area (TPSA) is 68.0 Å². The van der Waals surface area contributed by atoms with Crippen molar-refractivity contribution in [2.24, 2.45) is 0 Å². The van der Waals surface area contributed by atoms with E-state index in [0.29, 0.717) is 22.1 Å². The standard InChI is InChI=1S/C16H12ClN3O/c17-10-5-7-11(8-6-10)20-16(21)14-9-19-15(18)13-4-2-1-3-12(13)14/h1-9H,(H2,18,19)(H,20,21). The predicted molar refractivity (Wildman–Crippen MR) is 85.6 cm³/mol. The Hall–Kier alpha value is -2.59. The summed E-state index contributed by atoms with van der Waals surface area (Å²) in [4.78, 5) is 16.5. The Morgan fingerprint density at radius 2 is 1.71 bits per heavy atom. The van der Waals surface area contributed by atoms with E-state index in [0.717, 1.165) is 10.8 Å². The molecule has 3 rings (SSSR count). The van der Waals surface area contributed by atoms with Crippen molar-refractivity contribution in [3.63, 3.8) is 0 Å². The summed E-state index contributed by atoms with van der Waals surface area (Å²) in [6.07, 6.45) is 1.49. The zero-order chi connectivity index (χ0) is 14.8. The van der Waals surface area contributed by atoms with Crippen molar-refractivity contribution < 1.29 is 4.79 Å². The molecule has 0 radical (unpaired) electrons. The summed E-state index contributed by atoms with van der Waals surface area (Å²) >= 11 is 5.82. The van der Waals surface area contributed by atoms with Gasteiger partial charge >= 0.3 is 0 Å². The van der Waals surface area contributed by atoms with E-state index in [1.165, 1.54) is 6.20 Å². The van der Waals surface area contributed by atoms with E-state index in [1.54, 1.807) is 24.3 Å². The molecule has 0 spiro atoms. The van der Waals surface area contributed by atoms with Gasteiger partial charge < -0.3 is 11.1 Å². The molecular weight excluding hydrogens is 286 g/mol. The van der Waals surface area contributed by atoms with Gasteiger partial charge in [-0.25, -0.2) is 4.98 Å². The maximum absolute atomic E-state index is 12.4. The minimum atomic E-state index is -0.235. The maximum atomic E-state index is 12.4. The molecule has 0 aliphatic carbocycles. The maximum Gasteiger partial charge on any atom is 0.257 e. The lowest BCUT2D eigenvalue weighted by Crippen LogP contribution is -2.13. The summed E-state index contributed by atoms with van der Waals surface area (Å²) in [6.45, 7) is 0. The first-order chi connectivity index (χ1) is 10.1. The van der Waals surface area contributed by atoms with E-state index in [1.807, 2.05) is 24.3 Å². The zero-order valence-corrected chi connectivity index (χ0v) is 11.8. The van der Waals surface area contributed by atoms with E-state index in [9.17, 15) is 4.79 Å². The number of nitrogens with two attached hydrogens (primary N) is 1. The third kappa shape index (κ3) is 2.66. The number of hydrogen-bond acceptors (Lipinski definition) is 3. The number of nitrogens with one attached hydrogen (secondary N) is 1. The van der Waals surface area contributed by atoms with Gasteiger partial charge in [-0.05, 0) is 29.7 Å². The van der Waals surface area contributed by atoms with Gasteiger partial charge in [0, 0.05) is 22.3 Å². The van der Waals surface area contributed by atoms with Crippen molar-refractivity contribution in [2.75, 3.05) is 11.1 Å². The molecule has 104 valence electrons. The van der Waals surface area contributed by atoms with Gasteiger partial charge in [0.15, 0.2) is 0 Å². The van der Waals surface area contributed by atoms with Crippen LogP contribution in [0.4, 0.5) is 11.5 Å². The predicted octanol–water partition coefficient (Wildman–Crippen LogP) is 3.72. The second kappa shape index (κ2) is 5.42. The van der Waals surface area contributed by atoms with E-state index in [-0.39, 0.29) is 5.91 Å². The quantitative estimate of drug-likeness (QED) is 0.757. The fourth-order valence-electron chi connectivity index (χ4n) is 2.13. The summed E-state index contributed by atoms with van der Waals surface area (Å²) in [5, 5.41) is 4.98. The molecule has 5 heteroatoms. The molecule has 0 saturated heterocycles. The number of anilines is 2. The van der Waals surface area contributed by atoms with Crippen LogP contribution in [0.5, 0.6) is 0 Å². The number of fused-ring (bicyclic) bond motifs is 1. The Balaban J connectivity index is 1.98. The number of hydrogen-bond donors (Lipinski definition) is 2. The van der Waals surface area contributed by atoms with Crippen LogP contribution >= 0.6 is 11.6 Å². The largest absolute Gasteiger partial charge is 0.383 e. The Morgan fingerprint density at radius 3 is 2.43 bits per heavy atom. The van der Waals surface area contributed by atoms with Crippen LogP contribution in [0.2, 0.25) is 5.02 Å². The van der Waals surface area contributed by atoms with Crippen LogP contribution in [0.1, 0.15) is 10.4 Å². The summed E-state index contributed by atoms with van der Waals surface area (Å²) in [7, 11) is 0. The Kier molecular flexibility index (Phi) is 3.46. The van der Waals surface area contributed by atoms with E-state index in [4.69, 9.17) is 17.3 Å². The number of amides is 1. The number of halogens is 1.